The van der Waals surface area contributed by atoms with Crippen LogP contribution in [0.25, 0.3) is 11.0 Å². The molecule has 2 aromatic heterocycles. The molecule has 14 nitrogen and oxygen atoms in total. The number of carbonyl (C=O) groups excluding carboxylic acids is 2. The molecule has 4 heterocycles. The Morgan fingerprint density at radius 1 is 0.879 bits per heavy atom. The highest BCUT2D eigenvalue weighted by molar-refractivity contribution is 6.32. The first kappa shape index (κ1) is 36.9. The van der Waals surface area contributed by atoms with Crippen LogP contribution < -0.4 is 31.3 Å². The number of imide groups is 1. The van der Waals surface area contributed by atoms with Crippen molar-refractivity contribution in [2.75, 3.05) is 19.1 Å². The van der Waals surface area contributed by atoms with E-state index in [4.69, 9.17) is 21.1 Å². The molecule has 1 aliphatic carbocycles. The predicted molar refractivity (Wildman–Crippen MR) is 215 cm³/mol. The topological polar surface area (TPSA) is 160 Å². The third-order valence-corrected chi connectivity index (χ3v) is 12.2. The maximum Gasteiger partial charge on any atom is 0.347 e. The van der Waals surface area contributed by atoms with Crippen LogP contribution in [0.1, 0.15) is 35.2 Å². The van der Waals surface area contributed by atoms with E-state index in [1.54, 1.807) is 61.6 Å². The van der Waals surface area contributed by atoms with E-state index in [9.17, 15) is 24.3 Å². The number of aryl methyl sites for hydroxylation is 2. The molecule has 1 saturated carbocycles. The summed E-state index contributed by atoms with van der Waals surface area (Å²) in [4.78, 5) is 78.2. The SMILES string of the molecule is COc1cc2nc(CCn3c(=O)n4n(c3=O)[C@@H]3C[C@H]5C(=O)N(c6cccc(Cl)c6)C(=O)[C@@]5(c5ccccc5)[C@@H](c5cccc(O)c5)C3=CC4)c(=O)n(C)c2cc1OC. The number of methoxy groups -OCH3 is 2. The fourth-order valence-corrected chi connectivity index (χ4v) is 9.60. The van der Waals surface area contributed by atoms with Crippen LogP contribution in [0.3, 0.4) is 0 Å². The van der Waals surface area contributed by atoms with Gasteiger partial charge in [0.15, 0.2) is 11.5 Å². The standard InChI is InChI=1S/C43H37ClN6O8/c1-46-34-23-36(58-3)35(57-2)22-32(34)45-31(39(46)53)16-17-47-41(55)48-18-15-29-33(50(48)42(47)56)21-30-38(52)49(27-13-8-12-26(44)20-27)40(54)43(30,25-10-5-4-6-11-25)37(29)24-9-7-14-28(51)19-24/h4-15,19-20,22-23,30,33,37,51H,16-18,21H2,1-3H3/t30-,33+,37-,43+/m0/s1. The molecular formula is C43H37ClN6O8. The molecule has 1 N–H and O–H groups in total. The van der Waals surface area contributed by atoms with Crippen LogP contribution in [0, 0.1) is 5.92 Å². The van der Waals surface area contributed by atoms with E-state index in [1.807, 2.05) is 36.4 Å². The number of amides is 2. The Bertz CT molecular complexity index is 2910. The van der Waals surface area contributed by atoms with Gasteiger partial charge in [-0.2, -0.15) is 0 Å². The molecule has 0 bridgehead atoms. The van der Waals surface area contributed by atoms with Crippen LogP contribution in [-0.4, -0.2) is 54.6 Å². The van der Waals surface area contributed by atoms with Gasteiger partial charge >= 0.3 is 11.4 Å². The summed E-state index contributed by atoms with van der Waals surface area (Å²) in [5.74, 6) is -1.96. The zero-order valence-corrected chi connectivity index (χ0v) is 32.4. The molecule has 4 atom stereocenters. The summed E-state index contributed by atoms with van der Waals surface area (Å²) in [6, 6.07) is 24.7. The van der Waals surface area contributed by atoms with Crippen molar-refractivity contribution in [1.82, 2.24) is 23.5 Å². The number of rotatable bonds is 8. The molecule has 6 aromatic rings. The second kappa shape index (κ2) is 13.8. The van der Waals surface area contributed by atoms with Gasteiger partial charge in [-0.15, -0.1) is 0 Å². The molecule has 15 heteroatoms. The van der Waals surface area contributed by atoms with Gasteiger partial charge in [0.25, 0.3) is 5.56 Å². The molecule has 2 aliphatic heterocycles. The summed E-state index contributed by atoms with van der Waals surface area (Å²) in [7, 11) is 4.60. The lowest BCUT2D eigenvalue weighted by Gasteiger charge is -2.49. The zero-order chi connectivity index (χ0) is 40.6. The number of fused-ring (bicyclic) bond motifs is 5. The van der Waals surface area contributed by atoms with Gasteiger partial charge in [-0.1, -0.05) is 66.2 Å². The Morgan fingerprint density at radius 3 is 2.34 bits per heavy atom. The largest absolute Gasteiger partial charge is 0.508 e. The fraction of sp³-hybridized carbons (Fsp3) is 0.256. The monoisotopic (exact) mass is 800 g/mol. The number of aromatic nitrogens is 5. The van der Waals surface area contributed by atoms with Crippen molar-refractivity contribution in [1.29, 1.82) is 0 Å². The number of carbonyl (C=O) groups is 2. The molecule has 0 spiro atoms. The van der Waals surface area contributed by atoms with E-state index in [1.165, 1.54) is 39.1 Å². The number of benzene rings is 4. The predicted octanol–water partition coefficient (Wildman–Crippen LogP) is 4.47. The van der Waals surface area contributed by atoms with Gasteiger partial charge in [0.2, 0.25) is 11.8 Å². The lowest BCUT2D eigenvalue weighted by molar-refractivity contribution is -0.124. The van der Waals surface area contributed by atoms with Crippen molar-refractivity contribution >= 4 is 40.1 Å². The van der Waals surface area contributed by atoms with E-state index in [2.05, 4.69) is 4.98 Å². The first-order chi connectivity index (χ1) is 28.0. The minimum Gasteiger partial charge on any atom is -0.508 e. The summed E-state index contributed by atoms with van der Waals surface area (Å²) in [6.07, 6.45) is 1.83. The summed E-state index contributed by atoms with van der Waals surface area (Å²) in [5.41, 5.74) is 0.147. The van der Waals surface area contributed by atoms with Crippen LogP contribution >= 0.6 is 11.6 Å². The number of halogens is 1. The van der Waals surface area contributed by atoms with Gasteiger partial charge in [0.1, 0.15) is 11.4 Å². The van der Waals surface area contributed by atoms with E-state index in [0.717, 1.165) is 4.57 Å². The van der Waals surface area contributed by atoms with Crippen LogP contribution in [-0.2, 0) is 41.6 Å². The molecule has 1 saturated heterocycles. The van der Waals surface area contributed by atoms with Crippen molar-refractivity contribution < 1.29 is 24.2 Å². The lowest BCUT2D eigenvalue weighted by Crippen LogP contribution is -2.53. The smallest absolute Gasteiger partial charge is 0.347 e. The van der Waals surface area contributed by atoms with Gasteiger partial charge in [0.05, 0.1) is 54.9 Å². The molecule has 9 rings (SSSR count). The minimum absolute atomic E-state index is 0.00444. The summed E-state index contributed by atoms with van der Waals surface area (Å²) < 4.78 is 16.1. The number of nitrogens with zero attached hydrogens (tertiary/aromatic N) is 6. The van der Waals surface area contributed by atoms with E-state index in [0.29, 0.717) is 49.9 Å². The Hall–Kier alpha value is -6.67. The number of phenols is 1. The zero-order valence-electron chi connectivity index (χ0n) is 31.7. The lowest BCUT2D eigenvalue weighted by atomic mass is 9.53. The van der Waals surface area contributed by atoms with Gasteiger partial charge < -0.3 is 19.1 Å². The Labute approximate surface area is 335 Å². The maximum absolute atomic E-state index is 15.3. The number of hydrogen-bond donors (Lipinski definition) is 1. The minimum atomic E-state index is -1.50. The Balaban J connectivity index is 1.17. The average Bonchev–Trinajstić information content (AvgIpc) is 3.61. The first-order valence-electron chi connectivity index (χ1n) is 18.7. The molecule has 3 aliphatic rings. The van der Waals surface area contributed by atoms with Gasteiger partial charge in [-0.25, -0.2) is 33.4 Å². The van der Waals surface area contributed by atoms with Gasteiger partial charge in [-0.05, 0) is 53.5 Å². The highest BCUT2D eigenvalue weighted by Gasteiger charge is 2.68. The number of ether oxygens (including phenoxy) is 2. The molecule has 2 fully saturated rings. The van der Waals surface area contributed by atoms with Crippen LogP contribution in [0.15, 0.2) is 117 Å². The number of allylic oxidation sites excluding steroid dienone is 2. The fourth-order valence-electron chi connectivity index (χ4n) is 9.41. The number of aromatic hydroxyl groups is 1. The van der Waals surface area contributed by atoms with E-state index < -0.39 is 52.0 Å². The van der Waals surface area contributed by atoms with Crippen molar-refractivity contribution in [3.05, 3.63) is 156 Å². The molecule has 4 aromatic carbocycles. The third-order valence-electron chi connectivity index (χ3n) is 11.9. The maximum atomic E-state index is 15.3. The molecule has 0 radical (unpaired) electrons. The quantitative estimate of drug-likeness (QED) is 0.173. The van der Waals surface area contributed by atoms with E-state index >= 15 is 4.79 Å². The van der Waals surface area contributed by atoms with Crippen molar-refractivity contribution in [2.45, 2.75) is 43.3 Å². The second-order valence-corrected chi connectivity index (χ2v) is 15.2. The van der Waals surface area contributed by atoms with Crippen LogP contribution in [0.5, 0.6) is 17.2 Å². The first-order valence-corrected chi connectivity index (χ1v) is 19.1. The van der Waals surface area contributed by atoms with Crippen LogP contribution in [0.2, 0.25) is 5.02 Å². The third kappa shape index (κ3) is 5.31. The van der Waals surface area contributed by atoms with Crippen LogP contribution in [0.4, 0.5) is 5.69 Å². The van der Waals surface area contributed by atoms with Crippen molar-refractivity contribution in [3.8, 4) is 17.2 Å². The highest BCUT2D eigenvalue weighted by atomic mass is 35.5. The Kier molecular flexibility index (Phi) is 8.77. The molecule has 294 valence electrons. The normalized spacial score (nSPS) is 21.1. The van der Waals surface area contributed by atoms with Crippen molar-refractivity contribution in [3.63, 3.8) is 0 Å². The van der Waals surface area contributed by atoms with Gasteiger partial charge in [0, 0.05) is 43.1 Å². The summed E-state index contributed by atoms with van der Waals surface area (Å²) >= 11 is 6.39. The summed E-state index contributed by atoms with van der Waals surface area (Å²) in [5, 5.41) is 11.2. The molecule has 2 amide bonds. The molecular weight excluding hydrogens is 764 g/mol. The summed E-state index contributed by atoms with van der Waals surface area (Å²) in [6.45, 7) is -0.156. The molecule has 58 heavy (non-hydrogen) atoms. The second-order valence-electron chi connectivity index (χ2n) is 14.7. The number of anilines is 1. The highest BCUT2D eigenvalue weighted by Crippen LogP contribution is 2.62. The van der Waals surface area contributed by atoms with E-state index in [-0.39, 0.29) is 37.4 Å². The average molecular weight is 801 g/mol. The number of hydrogen-bond acceptors (Lipinski definition) is 9. The van der Waals surface area contributed by atoms with Gasteiger partial charge in [-0.3, -0.25) is 14.4 Å². The molecule has 0 unspecified atom stereocenters. The number of phenolic OH excluding ortho intramolecular Hbond substituents is 1. The van der Waals surface area contributed by atoms with Crippen molar-refractivity contribution in [2.24, 2.45) is 13.0 Å². The Morgan fingerprint density at radius 2 is 1.62 bits per heavy atom.